The Balaban J connectivity index is 3.30. The van der Waals surface area contributed by atoms with Crippen molar-refractivity contribution < 1.29 is 31.5 Å². The van der Waals surface area contributed by atoms with Gasteiger partial charge in [-0.1, -0.05) is 0 Å². The Bertz CT molecular complexity index is 625. The second-order valence-corrected chi connectivity index (χ2v) is 6.57. The summed E-state index contributed by atoms with van der Waals surface area (Å²) in [6.45, 7) is 0.255. The largest absolute Gasteiger partial charge is 0.492 e. The third-order valence-electron chi connectivity index (χ3n) is 3.42. The highest BCUT2D eigenvalue weighted by Crippen LogP contribution is 2.49. The molecule has 0 atom stereocenters. The van der Waals surface area contributed by atoms with E-state index < -0.39 is 10.1 Å². The normalized spacial score (nSPS) is 11.2. The first-order valence-corrected chi connectivity index (χ1v) is 9.08. The van der Waals surface area contributed by atoms with Crippen LogP contribution >= 0.6 is 0 Å². The molecule has 1 aromatic rings. The van der Waals surface area contributed by atoms with Crippen molar-refractivity contribution in [1.82, 2.24) is 0 Å². The molecule has 0 aliphatic carbocycles. The first-order chi connectivity index (χ1) is 11.3. The minimum atomic E-state index is -3.47. The van der Waals surface area contributed by atoms with Crippen molar-refractivity contribution in [2.75, 3.05) is 41.3 Å². The molecule has 0 unspecified atom stereocenters. The molecule has 9 heteroatoms. The van der Waals surface area contributed by atoms with E-state index in [2.05, 4.69) is 0 Å². The van der Waals surface area contributed by atoms with Gasteiger partial charge in [0.2, 0.25) is 11.5 Å². The SMILES string of the molecule is COc1c(CN)c(CCCOS(C)(=O)=O)c(OC)c(OC)c1OC. The van der Waals surface area contributed by atoms with E-state index in [1.807, 2.05) is 0 Å². The molecule has 8 nitrogen and oxygen atoms in total. The number of methoxy groups -OCH3 is 4. The quantitative estimate of drug-likeness (QED) is 0.486. The maximum Gasteiger partial charge on any atom is 0.264 e. The van der Waals surface area contributed by atoms with Gasteiger partial charge in [-0.25, -0.2) is 0 Å². The summed E-state index contributed by atoms with van der Waals surface area (Å²) < 4.78 is 48.6. The average molecular weight is 363 g/mol. The molecule has 1 rings (SSSR count). The lowest BCUT2D eigenvalue weighted by Crippen LogP contribution is -2.11. The summed E-state index contributed by atoms with van der Waals surface area (Å²) in [6, 6.07) is 0. The molecule has 0 aliphatic rings. The van der Waals surface area contributed by atoms with Gasteiger partial charge >= 0.3 is 0 Å². The lowest BCUT2D eigenvalue weighted by Gasteiger charge is -2.22. The van der Waals surface area contributed by atoms with Gasteiger partial charge in [0.25, 0.3) is 10.1 Å². The molecule has 0 spiro atoms. The van der Waals surface area contributed by atoms with Crippen LogP contribution in [0.15, 0.2) is 0 Å². The maximum atomic E-state index is 11.0. The zero-order valence-electron chi connectivity index (χ0n) is 14.7. The molecule has 0 heterocycles. The molecule has 0 fully saturated rings. The van der Waals surface area contributed by atoms with Crippen LogP contribution in [0.4, 0.5) is 0 Å². The molecule has 0 saturated carbocycles. The molecule has 0 bridgehead atoms. The van der Waals surface area contributed by atoms with Crippen molar-refractivity contribution in [3.63, 3.8) is 0 Å². The van der Waals surface area contributed by atoms with Gasteiger partial charge in [0.1, 0.15) is 0 Å². The number of rotatable bonds is 10. The van der Waals surface area contributed by atoms with E-state index in [0.29, 0.717) is 41.4 Å². The van der Waals surface area contributed by atoms with Crippen LogP contribution in [0.3, 0.4) is 0 Å². The zero-order chi connectivity index (χ0) is 18.3. The highest BCUT2D eigenvalue weighted by Gasteiger charge is 2.26. The van der Waals surface area contributed by atoms with E-state index in [-0.39, 0.29) is 13.2 Å². The fraction of sp³-hybridized carbons (Fsp3) is 0.600. The van der Waals surface area contributed by atoms with Gasteiger partial charge in [-0.2, -0.15) is 8.42 Å². The van der Waals surface area contributed by atoms with Crippen molar-refractivity contribution in [3.8, 4) is 23.0 Å². The highest BCUT2D eigenvalue weighted by molar-refractivity contribution is 7.85. The van der Waals surface area contributed by atoms with Crippen molar-refractivity contribution in [2.45, 2.75) is 19.4 Å². The molecule has 0 aliphatic heterocycles. The summed E-state index contributed by atoms with van der Waals surface area (Å²) in [6.07, 6.45) is 1.94. The minimum Gasteiger partial charge on any atom is -0.492 e. The van der Waals surface area contributed by atoms with E-state index in [4.69, 9.17) is 28.9 Å². The van der Waals surface area contributed by atoms with E-state index >= 15 is 0 Å². The Morgan fingerprint density at radius 2 is 1.29 bits per heavy atom. The van der Waals surface area contributed by atoms with Gasteiger partial charge in [0, 0.05) is 17.7 Å². The molecule has 24 heavy (non-hydrogen) atoms. The van der Waals surface area contributed by atoms with Crippen LogP contribution in [0.2, 0.25) is 0 Å². The Labute approximate surface area is 142 Å². The van der Waals surface area contributed by atoms with Gasteiger partial charge in [-0.3, -0.25) is 4.18 Å². The van der Waals surface area contributed by atoms with E-state index in [1.165, 1.54) is 28.4 Å². The van der Waals surface area contributed by atoms with Crippen LogP contribution in [0.25, 0.3) is 0 Å². The topological polar surface area (TPSA) is 106 Å². The maximum absolute atomic E-state index is 11.0. The van der Waals surface area contributed by atoms with Crippen LogP contribution in [0.5, 0.6) is 23.0 Å². The van der Waals surface area contributed by atoms with Crippen LogP contribution in [-0.4, -0.2) is 49.7 Å². The van der Waals surface area contributed by atoms with Crippen LogP contribution < -0.4 is 24.7 Å². The summed E-state index contributed by atoms with van der Waals surface area (Å²) in [5.74, 6) is 1.74. The van der Waals surface area contributed by atoms with Gasteiger partial charge in [0.05, 0.1) is 41.3 Å². The summed E-state index contributed by atoms with van der Waals surface area (Å²) >= 11 is 0. The van der Waals surface area contributed by atoms with E-state index in [0.717, 1.165) is 11.8 Å². The lowest BCUT2D eigenvalue weighted by atomic mass is 9.99. The average Bonchev–Trinajstić information content (AvgIpc) is 2.55. The van der Waals surface area contributed by atoms with Crippen molar-refractivity contribution >= 4 is 10.1 Å². The van der Waals surface area contributed by atoms with Crippen LogP contribution in [0.1, 0.15) is 17.5 Å². The van der Waals surface area contributed by atoms with Crippen LogP contribution in [-0.2, 0) is 27.3 Å². The minimum absolute atomic E-state index is 0.0582. The van der Waals surface area contributed by atoms with E-state index in [9.17, 15) is 8.42 Å². The number of ether oxygens (including phenoxy) is 4. The Morgan fingerprint density at radius 3 is 1.67 bits per heavy atom. The molecular weight excluding hydrogens is 338 g/mol. The van der Waals surface area contributed by atoms with Crippen molar-refractivity contribution in [3.05, 3.63) is 11.1 Å². The van der Waals surface area contributed by atoms with Gasteiger partial charge in [-0.05, 0) is 12.8 Å². The van der Waals surface area contributed by atoms with Gasteiger partial charge in [-0.15, -0.1) is 0 Å². The summed E-state index contributed by atoms with van der Waals surface area (Å²) in [4.78, 5) is 0. The highest BCUT2D eigenvalue weighted by atomic mass is 32.2. The summed E-state index contributed by atoms with van der Waals surface area (Å²) in [5.41, 5.74) is 7.36. The zero-order valence-corrected chi connectivity index (χ0v) is 15.5. The molecule has 0 saturated heterocycles. The third-order valence-corrected chi connectivity index (χ3v) is 4.02. The fourth-order valence-electron chi connectivity index (χ4n) is 2.50. The molecule has 2 N–H and O–H groups in total. The number of benzene rings is 1. The summed E-state index contributed by atoms with van der Waals surface area (Å²) in [7, 11) is 2.55. The monoisotopic (exact) mass is 363 g/mol. The predicted molar refractivity (Wildman–Crippen MR) is 89.7 cm³/mol. The number of hydrogen-bond donors (Lipinski definition) is 1. The van der Waals surface area contributed by atoms with Crippen LogP contribution in [0, 0.1) is 0 Å². The van der Waals surface area contributed by atoms with Gasteiger partial charge < -0.3 is 24.7 Å². The molecule has 138 valence electrons. The Kier molecular flexibility index (Phi) is 7.59. The number of hydrogen-bond acceptors (Lipinski definition) is 8. The first-order valence-electron chi connectivity index (χ1n) is 7.26. The van der Waals surface area contributed by atoms with Gasteiger partial charge in [0.15, 0.2) is 11.5 Å². The molecule has 0 radical (unpaired) electrons. The molecule has 0 amide bonds. The third kappa shape index (κ3) is 4.65. The van der Waals surface area contributed by atoms with Crippen molar-refractivity contribution in [2.24, 2.45) is 5.73 Å². The smallest absolute Gasteiger partial charge is 0.264 e. The second-order valence-electron chi connectivity index (χ2n) is 4.92. The predicted octanol–water partition coefficient (Wildman–Crippen LogP) is 1.09. The Hall–Kier alpha value is -1.71. The molecular formula is C15H25NO7S. The fourth-order valence-corrected chi connectivity index (χ4v) is 2.92. The Morgan fingerprint density at radius 1 is 0.833 bits per heavy atom. The standard InChI is InChI=1S/C15H25NO7S/c1-19-12-10(7-6-8-23-24(5,17)18)11(9-16)13(20-2)15(22-4)14(12)21-3/h6-9,16H2,1-5H3. The molecule has 1 aromatic carbocycles. The van der Waals surface area contributed by atoms with E-state index in [1.54, 1.807) is 0 Å². The first kappa shape index (κ1) is 20.3. The lowest BCUT2D eigenvalue weighted by molar-refractivity contribution is 0.297. The number of nitrogens with two attached hydrogens (primary N) is 1. The second kappa shape index (κ2) is 8.95. The van der Waals surface area contributed by atoms with Crippen molar-refractivity contribution in [1.29, 1.82) is 0 Å². The molecule has 0 aromatic heterocycles. The summed E-state index contributed by atoms with van der Waals surface area (Å²) in [5, 5.41) is 0.